The molecule has 0 aliphatic carbocycles. The van der Waals surface area contributed by atoms with Crippen LogP contribution < -0.4 is 5.32 Å². The molecule has 1 N–H and O–H groups in total. The Hall–Kier alpha value is -0.860. The van der Waals surface area contributed by atoms with Crippen molar-refractivity contribution in [1.29, 1.82) is 0 Å². The van der Waals surface area contributed by atoms with Crippen molar-refractivity contribution in [2.45, 2.75) is 45.4 Å². The fourth-order valence-electron chi connectivity index (χ4n) is 2.43. The molecule has 16 heavy (non-hydrogen) atoms. The Balaban J connectivity index is 2.03. The standard InChI is InChI=1S/C14H21NO/c1-10-6-4-5-7-13(10)11(2)15-14-8-9-16-12(14)3/h4-7,11-12,14-15H,8-9H2,1-3H3/t11-,12?,14?/m1/s1. The van der Waals surface area contributed by atoms with Crippen LogP contribution in [-0.2, 0) is 4.74 Å². The lowest BCUT2D eigenvalue weighted by molar-refractivity contribution is 0.111. The predicted molar refractivity (Wildman–Crippen MR) is 66.5 cm³/mol. The Morgan fingerprint density at radius 3 is 2.75 bits per heavy atom. The van der Waals surface area contributed by atoms with Gasteiger partial charge >= 0.3 is 0 Å². The minimum absolute atomic E-state index is 0.339. The molecule has 1 heterocycles. The molecule has 1 aliphatic rings. The van der Waals surface area contributed by atoms with Crippen molar-refractivity contribution in [2.24, 2.45) is 0 Å². The maximum Gasteiger partial charge on any atom is 0.0700 e. The molecule has 1 aliphatic heterocycles. The fraction of sp³-hybridized carbons (Fsp3) is 0.571. The van der Waals surface area contributed by atoms with Gasteiger partial charge in [0.25, 0.3) is 0 Å². The summed E-state index contributed by atoms with van der Waals surface area (Å²) in [6, 6.07) is 9.46. The van der Waals surface area contributed by atoms with E-state index in [4.69, 9.17) is 4.74 Å². The number of aryl methyl sites for hydroxylation is 1. The van der Waals surface area contributed by atoms with Crippen molar-refractivity contribution in [3.63, 3.8) is 0 Å². The predicted octanol–water partition coefficient (Wildman–Crippen LogP) is 2.82. The summed E-state index contributed by atoms with van der Waals surface area (Å²) in [4.78, 5) is 0. The summed E-state index contributed by atoms with van der Waals surface area (Å²) in [5.41, 5.74) is 2.75. The molecule has 2 unspecified atom stereocenters. The quantitative estimate of drug-likeness (QED) is 0.844. The highest BCUT2D eigenvalue weighted by Gasteiger charge is 2.25. The Morgan fingerprint density at radius 1 is 1.38 bits per heavy atom. The van der Waals surface area contributed by atoms with E-state index >= 15 is 0 Å². The molecule has 0 radical (unpaired) electrons. The van der Waals surface area contributed by atoms with Gasteiger partial charge in [-0.15, -0.1) is 0 Å². The fourth-order valence-corrected chi connectivity index (χ4v) is 2.43. The average molecular weight is 219 g/mol. The van der Waals surface area contributed by atoms with E-state index in [1.54, 1.807) is 0 Å². The van der Waals surface area contributed by atoms with Gasteiger partial charge in [-0.2, -0.15) is 0 Å². The Labute approximate surface area is 98.0 Å². The molecular weight excluding hydrogens is 198 g/mol. The van der Waals surface area contributed by atoms with E-state index in [9.17, 15) is 0 Å². The number of benzene rings is 1. The Bertz CT molecular complexity index is 350. The lowest BCUT2D eigenvalue weighted by atomic mass is 10.0. The molecule has 0 saturated carbocycles. The first kappa shape index (κ1) is 11.6. The summed E-state index contributed by atoms with van der Waals surface area (Å²) in [6.45, 7) is 7.43. The van der Waals surface area contributed by atoms with Gasteiger partial charge < -0.3 is 10.1 Å². The van der Waals surface area contributed by atoms with Crippen LogP contribution in [0.25, 0.3) is 0 Å². The molecule has 2 heteroatoms. The van der Waals surface area contributed by atoms with Gasteiger partial charge in [-0.1, -0.05) is 24.3 Å². The summed E-state index contributed by atoms with van der Waals surface area (Å²) in [5.74, 6) is 0. The largest absolute Gasteiger partial charge is 0.377 e. The summed E-state index contributed by atoms with van der Waals surface area (Å²) in [5, 5.41) is 3.66. The highest BCUT2D eigenvalue weighted by molar-refractivity contribution is 5.28. The molecule has 2 nitrogen and oxygen atoms in total. The smallest absolute Gasteiger partial charge is 0.0700 e. The summed E-state index contributed by atoms with van der Waals surface area (Å²) in [6.07, 6.45) is 1.46. The highest BCUT2D eigenvalue weighted by atomic mass is 16.5. The minimum Gasteiger partial charge on any atom is -0.377 e. The molecule has 1 aromatic carbocycles. The third kappa shape index (κ3) is 2.45. The lowest BCUT2D eigenvalue weighted by Gasteiger charge is -2.23. The van der Waals surface area contributed by atoms with E-state index in [1.807, 2.05) is 0 Å². The van der Waals surface area contributed by atoms with E-state index in [2.05, 4.69) is 50.4 Å². The number of nitrogens with one attached hydrogen (secondary N) is 1. The Morgan fingerprint density at radius 2 is 2.12 bits per heavy atom. The van der Waals surface area contributed by atoms with E-state index in [0.29, 0.717) is 18.2 Å². The number of ether oxygens (including phenoxy) is 1. The van der Waals surface area contributed by atoms with Gasteiger partial charge in [-0.05, 0) is 38.3 Å². The van der Waals surface area contributed by atoms with Crippen LogP contribution in [0.1, 0.15) is 37.4 Å². The first-order chi connectivity index (χ1) is 7.68. The van der Waals surface area contributed by atoms with Crippen LogP contribution in [-0.4, -0.2) is 18.8 Å². The first-order valence-electron chi connectivity index (χ1n) is 6.11. The van der Waals surface area contributed by atoms with Crippen molar-refractivity contribution in [2.75, 3.05) is 6.61 Å². The minimum atomic E-state index is 0.339. The van der Waals surface area contributed by atoms with Crippen molar-refractivity contribution < 1.29 is 4.74 Å². The number of hydrogen-bond acceptors (Lipinski definition) is 2. The lowest BCUT2D eigenvalue weighted by Crippen LogP contribution is -2.36. The van der Waals surface area contributed by atoms with Crippen molar-refractivity contribution >= 4 is 0 Å². The molecule has 1 saturated heterocycles. The molecule has 0 aromatic heterocycles. The summed E-state index contributed by atoms with van der Waals surface area (Å²) >= 11 is 0. The van der Waals surface area contributed by atoms with E-state index < -0.39 is 0 Å². The average Bonchev–Trinajstić information content (AvgIpc) is 2.65. The second kappa shape index (κ2) is 4.98. The van der Waals surface area contributed by atoms with Crippen molar-refractivity contribution in [1.82, 2.24) is 5.32 Å². The van der Waals surface area contributed by atoms with Crippen LogP contribution in [0.2, 0.25) is 0 Å². The molecule has 1 fully saturated rings. The molecule has 88 valence electrons. The summed E-state index contributed by atoms with van der Waals surface area (Å²) < 4.78 is 5.57. The van der Waals surface area contributed by atoms with Crippen LogP contribution in [0.5, 0.6) is 0 Å². The van der Waals surface area contributed by atoms with Gasteiger partial charge in [-0.25, -0.2) is 0 Å². The highest BCUT2D eigenvalue weighted by Crippen LogP contribution is 2.21. The Kier molecular flexibility index (Phi) is 3.62. The van der Waals surface area contributed by atoms with Crippen LogP contribution in [0.3, 0.4) is 0 Å². The van der Waals surface area contributed by atoms with E-state index in [1.165, 1.54) is 11.1 Å². The molecule has 0 spiro atoms. The third-order valence-corrected chi connectivity index (χ3v) is 3.50. The maximum absolute atomic E-state index is 5.57. The number of hydrogen-bond donors (Lipinski definition) is 1. The van der Waals surface area contributed by atoms with Crippen LogP contribution in [0.4, 0.5) is 0 Å². The maximum atomic E-state index is 5.57. The summed E-state index contributed by atoms with van der Waals surface area (Å²) in [7, 11) is 0. The molecule has 2 rings (SSSR count). The van der Waals surface area contributed by atoms with Gasteiger partial charge in [0.05, 0.1) is 6.10 Å². The van der Waals surface area contributed by atoms with Crippen LogP contribution in [0, 0.1) is 6.92 Å². The normalized spacial score (nSPS) is 26.9. The molecule has 0 bridgehead atoms. The van der Waals surface area contributed by atoms with Crippen molar-refractivity contribution in [3.8, 4) is 0 Å². The SMILES string of the molecule is Cc1ccccc1[C@@H](C)NC1CCOC1C. The molecule has 0 amide bonds. The molecule has 3 atom stereocenters. The van der Waals surface area contributed by atoms with Crippen molar-refractivity contribution in [3.05, 3.63) is 35.4 Å². The second-order valence-corrected chi connectivity index (χ2v) is 4.72. The van der Waals surface area contributed by atoms with Crippen LogP contribution in [0.15, 0.2) is 24.3 Å². The first-order valence-corrected chi connectivity index (χ1v) is 6.11. The monoisotopic (exact) mass is 219 g/mol. The molecular formula is C14H21NO. The van der Waals surface area contributed by atoms with Gasteiger partial charge in [0.15, 0.2) is 0 Å². The topological polar surface area (TPSA) is 21.3 Å². The zero-order valence-corrected chi connectivity index (χ0v) is 10.4. The van der Waals surface area contributed by atoms with E-state index in [-0.39, 0.29) is 0 Å². The van der Waals surface area contributed by atoms with Gasteiger partial charge in [0, 0.05) is 18.7 Å². The van der Waals surface area contributed by atoms with Gasteiger partial charge in [0.1, 0.15) is 0 Å². The van der Waals surface area contributed by atoms with Crippen LogP contribution >= 0.6 is 0 Å². The second-order valence-electron chi connectivity index (χ2n) is 4.72. The third-order valence-electron chi connectivity index (χ3n) is 3.50. The molecule has 1 aromatic rings. The zero-order valence-electron chi connectivity index (χ0n) is 10.4. The van der Waals surface area contributed by atoms with Gasteiger partial charge in [0.2, 0.25) is 0 Å². The van der Waals surface area contributed by atoms with Gasteiger partial charge in [-0.3, -0.25) is 0 Å². The zero-order chi connectivity index (χ0) is 11.5. The number of rotatable bonds is 3. The van der Waals surface area contributed by atoms with E-state index in [0.717, 1.165) is 13.0 Å².